The molecule has 0 unspecified atom stereocenters. The predicted octanol–water partition coefficient (Wildman–Crippen LogP) is 4.73. The fraction of sp³-hybridized carbons (Fsp3) is 0.292. The molecule has 1 aromatic heterocycles. The summed E-state index contributed by atoms with van der Waals surface area (Å²) in [6, 6.07) is 14.4. The van der Waals surface area contributed by atoms with E-state index in [2.05, 4.69) is 20.5 Å². The van der Waals surface area contributed by atoms with E-state index < -0.39 is 6.03 Å². The second-order valence-corrected chi connectivity index (χ2v) is 9.07. The van der Waals surface area contributed by atoms with Crippen molar-refractivity contribution in [2.45, 2.75) is 12.8 Å². The number of rotatable bonds is 7. The first-order valence-corrected chi connectivity index (χ1v) is 12.2. The van der Waals surface area contributed by atoms with E-state index in [1.807, 2.05) is 34.5 Å². The molecule has 1 aliphatic rings. The Hall–Kier alpha value is -3.30. The third-order valence-electron chi connectivity index (χ3n) is 5.51. The highest BCUT2D eigenvalue weighted by Crippen LogP contribution is 2.28. The molecular formula is C24H26ClN5O3S. The minimum Gasteiger partial charge on any atom is -0.495 e. The van der Waals surface area contributed by atoms with Gasteiger partial charge in [0.15, 0.2) is 5.13 Å². The standard InChI is InChI=1S/C24H26ClN5O3S/c1-33-21-8-3-2-7-20(21)29-11-13-30(14-12-29)22(31)10-9-19-16-34-24(27-19)28-23(32)26-18-6-4-5-17(25)15-18/h2-8,15-16H,9-14H2,1H3,(H2,26,27,28,32). The minimum atomic E-state index is -0.396. The lowest BCUT2D eigenvalue weighted by Crippen LogP contribution is -2.48. The van der Waals surface area contributed by atoms with Gasteiger partial charge in [0.1, 0.15) is 5.75 Å². The Morgan fingerprint density at radius 1 is 1.09 bits per heavy atom. The Balaban J connectivity index is 1.22. The van der Waals surface area contributed by atoms with Crippen LogP contribution in [0.3, 0.4) is 0 Å². The van der Waals surface area contributed by atoms with Crippen LogP contribution in [-0.4, -0.2) is 55.1 Å². The van der Waals surface area contributed by atoms with Gasteiger partial charge < -0.3 is 19.9 Å². The van der Waals surface area contributed by atoms with Crippen molar-refractivity contribution in [2.24, 2.45) is 0 Å². The van der Waals surface area contributed by atoms with Crippen LogP contribution < -0.4 is 20.3 Å². The van der Waals surface area contributed by atoms with Gasteiger partial charge in [-0.1, -0.05) is 29.8 Å². The first-order chi connectivity index (χ1) is 16.5. The van der Waals surface area contributed by atoms with E-state index >= 15 is 0 Å². The van der Waals surface area contributed by atoms with Crippen LogP contribution in [0.2, 0.25) is 5.02 Å². The molecule has 1 saturated heterocycles. The maximum atomic E-state index is 12.7. The van der Waals surface area contributed by atoms with Crippen LogP contribution in [0.25, 0.3) is 0 Å². The molecule has 10 heteroatoms. The van der Waals surface area contributed by atoms with Gasteiger partial charge in [0.2, 0.25) is 5.91 Å². The zero-order chi connectivity index (χ0) is 23.9. The molecule has 1 fully saturated rings. The van der Waals surface area contributed by atoms with E-state index in [1.165, 1.54) is 11.3 Å². The number of thiazole rings is 1. The number of methoxy groups -OCH3 is 1. The van der Waals surface area contributed by atoms with E-state index in [0.29, 0.717) is 41.8 Å². The summed E-state index contributed by atoms with van der Waals surface area (Å²) in [5, 5.41) is 8.31. The predicted molar refractivity (Wildman–Crippen MR) is 136 cm³/mol. The summed E-state index contributed by atoms with van der Waals surface area (Å²) in [5.74, 6) is 0.956. The monoisotopic (exact) mass is 499 g/mol. The molecule has 1 aliphatic heterocycles. The van der Waals surface area contributed by atoms with Crippen LogP contribution in [-0.2, 0) is 11.2 Å². The molecule has 3 amide bonds. The maximum absolute atomic E-state index is 12.7. The molecule has 2 N–H and O–H groups in total. The number of aromatic nitrogens is 1. The molecule has 2 heterocycles. The second-order valence-electron chi connectivity index (χ2n) is 7.77. The number of carbonyl (C=O) groups excluding carboxylic acids is 2. The average Bonchev–Trinajstić information content (AvgIpc) is 3.29. The number of nitrogens with one attached hydrogen (secondary N) is 2. The van der Waals surface area contributed by atoms with Crippen LogP contribution in [0.5, 0.6) is 5.75 Å². The van der Waals surface area contributed by atoms with Crippen molar-refractivity contribution >= 4 is 51.4 Å². The Morgan fingerprint density at radius 3 is 2.65 bits per heavy atom. The van der Waals surface area contributed by atoms with Crippen LogP contribution >= 0.6 is 22.9 Å². The Kier molecular flexibility index (Phi) is 7.87. The zero-order valence-electron chi connectivity index (χ0n) is 18.8. The molecule has 0 aliphatic carbocycles. The summed E-state index contributed by atoms with van der Waals surface area (Å²) < 4.78 is 5.46. The topological polar surface area (TPSA) is 86.8 Å². The van der Waals surface area contributed by atoms with Gasteiger partial charge in [-0.25, -0.2) is 9.78 Å². The third kappa shape index (κ3) is 6.18. The number of hydrogen-bond donors (Lipinski definition) is 2. The average molecular weight is 500 g/mol. The van der Waals surface area contributed by atoms with Crippen LogP contribution in [0.1, 0.15) is 12.1 Å². The van der Waals surface area contributed by atoms with Crippen molar-refractivity contribution in [1.29, 1.82) is 0 Å². The van der Waals surface area contributed by atoms with Crippen molar-refractivity contribution in [2.75, 3.05) is 48.8 Å². The molecule has 0 bridgehead atoms. The van der Waals surface area contributed by atoms with Crippen molar-refractivity contribution in [3.05, 3.63) is 64.6 Å². The van der Waals surface area contributed by atoms with Gasteiger partial charge in [-0.2, -0.15) is 0 Å². The zero-order valence-corrected chi connectivity index (χ0v) is 20.4. The highest BCUT2D eigenvalue weighted by atomic mass is 35.5. The number of para-hydroxylation sites is 2. The quantitative estimate of drug-likeness (QED) is 0.490. The molecule has 8 nitrogen and oxygen atoms in total. The van der Waals surface area contributed by atoms with Crippen molar-refractivity contribution in [3.8, 4) is 5.75 Å². The highest BCUT2D eigenvalue weighted by molar-refractivity contribution is 7.13. The van der Waals surface area contributed by atoms with E-state index in [0.717, 1.165) is 30.2 Å². The Morgan fingerprint density at radius 2 is 1.88 bits per heavy atom. The van der Waals surface area contributed by atoms with Gasteiger partial charge in [0.05, 0.1) is 18.5 Å². The number of urea groups is 1. The number of carbonyl (C=O) groups is 2. The molecule has 0 radical (unpaired) electrons. The molecule has 0 saturated carbocycles. The summed E-state index contributed by atoms with van der Waals surface area (Å²) in [4.78, 5) is 33.5. The second kappa shape index (κ2) is 11.2. The largest absolute Gasteiger partial charge is 0.495 e. The van der Waals surface area contributed by atoms with Gasteiger partial charge in [0, 0.05) is 48.7 Å². The number of hydrogen-bond acceptors (Lipinski definition) is 6. The number of anilines is 3. The van der Waals surface area contributed by atoms with Gasteiger partial charge in [0.25, 0.3) is 0 Å². The molecule has 0 atom stereocenters. The Bertz CT molecular complexity index is 1150. The smallest absolute Gasteiger partial charge is 0.325 e. The van der Waals surface area contributed by atoms with Gasteiger partial charge in [-0.15, -0.1) is 11.3 Å². The third-order valence-corrected chi connectivity index (χ3v) is 6.55. The summed E-state index contributed by atoms with van der Waals surface area (Å²) in [6.07, 6.45) is 0.909. The number of ether oxygens (including phenoxy) is 1. The molecule has 34 heavy (non-hydrogen) atoms. The SMILES string of the molecule is COc1ccccc1N1CCN(C(=O)CCc2csc(NC(=O)Nc3cccc(Cl)c3)n2)CC1. The normalized spacial score (nSPS) is 13.5. The molecule has 4 rings (SSSR count). The first kappa shape index (κ1) is 23.8. The maximum Gasteiger partial charge on any atom is 0.325 e. The van der Waals surface area contributed by atoms with Crippen LogP contribution in [0, 0.1) is 0 Å². The van der Waals surface area contributed by atoms with Crippen LogP contribution in [0.15, 0.2) is 53.9 Å². The highest BCUT2D eigenvalue weighted by Gasteiger charge is 2.23. The fourth-order valence-electron chi connectivity index (χ4n) is 3.79. The molecular weight excluding hydrogens is 474 g/mol. The number of halogens is 1. The number of nitrogens with zero attached hydrogens (tertiary/aromatic N) is 3. The minimum absolute atomic E-state index is 0.112. The van der Waals surface area contributed by atoms with Crippen molar-refractivity contribution in [3.63, 3.8) is 0 Å². The number of benzene rings is 2. The molecule has 2 aromatic carbocycles. The summed E-state index contributed by atoms with van der Waals surface area (Å²) in [5.41, 5.74) is 2.43. The lowest BCUT2D eigenvalue weighted by molar-refractivity contribution is -0.131. The van der Waals surface area contributed by atoms with Gasteiger partial charge in [-0.05, 0) is 36.8 Å². The van der Waals surface area contributed by atoms with Gasteiger partial charge >= 0.3 is 6.03 Å². The van der Waals surface area contributed by atoms with Crippen molar-refractivity contribution in [1.82, 2.24) is 9.88 Å². The summed E-state index contributed by atoms with van der Waals surface area (Å²) in [6.45, 7) is 2.87. The Labute approximate surface area is 207 Å². The molecule has 3 aromatic rings. The van der Waals surface area contributed by atoms with E-state index in [9.17, 15) is 9.59 Å². The summed E-state index contributed by atoms with van der Waals surface area (Å²) in [7, 11) is 1.67. The summed E-state index contributed by atoms with van der Waals surface area (Å²) >= 11 is 7.26. The van der Waals surface area contributed by atoms with Crippen molar-refractivity contribution < 1.29 is 14.3 Å². The fourth-order valence-corrected chi connectivity index (χ4v) is 4.72. The number of aryl methyl sites for hydroxylation is 1. The lowest BCUT2D eigenvalue weighted by atomic mass is 10.2. The first-order valence-electron chi connectivity index (χ1n) is 11.0. The number of piperazine rings is 1. The lowest BCUT2D eigenvalue weighted by Gasteiger charge is -2.36. The van der Waals surface area contributed by atoms with E-state index in [1.54, 1.807) is 31.4 Å². The number of amides is 3. The molecule has 178 valence electrons. The van der Waals surface area contributed by atoms with E-state index in [4.69, 9.17) is 16.3 Å². The van der Waals surface area contributed by atoms with Crippen LogP contribution in [0.4, 0.5) is 21.3 Å². The molecule has 0 spiro atoms. The van der Waals surface area contributed by atoms with E-state index in [-0.39, 0.29) is 5.91 Å². The van der Waals surface area contributed by atoms with Gasteiger partial charge in [-0.3, -0.25) is 10.1 Å².